The monoisotopic (exact) mass is 175 g/mol. The third-order valence-corrected chi connectivity index (χ3v) is 1.97. The number of hydrogen-bond donors (Lipinski definition) is 1. The zero-order chi connectivity index (χ0) is 9.40. The minimum Gasteiger partial charge on any atom is -0.383 e. The van der Waals surface area contributed by atoms with E-state index in [0.29, 0.717) is 12.6 Å². The lowest BCUT2D eigenvalue weighted by Gasteiger charge is -2.24. The Balaban J connectivity index is 3.86. The summed E-state index contributed by atoms with van der Waals surface area (Å²) < 4.78 is 10.4. The molecule has 0 aromatic carbocycles. The molecule has 2 unspecified atom stereocenters. The first-order valence-corrected chi connectivity index (χ1v) is 4.55. The van der Waals surface area contributed by atoms with Gasteiger partial charge in [0.15, 0.2) is 0 Å². The van der Waals surface area contributed by atoms with Crippen LogP contribution in [0.5, 0.6) is 0 Å². The van der Waals surface area contributed by atoms with Gasteiger partial charge in [0.2, 0.25) is 0 Å². The number of methoxy groups -OCH3 is 2. The maximum absolute atomic E-state index is 5.32. The number of likely N-dealkylation sites (N-methyl/N-ethyl adjacent to an activating group) is 1. The zero-order valence-corrected chi connectivity index (χ0v) is 8.59. The molecule has 0 aliphatic rings. The molecule has 3 nitrogen and oxygen atoms in total. The van der Waals surface area contributed by atoms with E-state index < -0.39 is 0 Å². The van der Waals surface area contributed by atoms with Crippen molar-refractivity contribution in [3.63, 3.8) is 0 Å². The first-order chi connectivity index (χ1) is 5.79. The van der Waals surface area contributed by atoms with Crippen molar-refractivity contribution in [1.82, 2.24) is 5.32 Å². The first kappa shape index (κ1) is 11.9. The molecule has 1 N–H and O–H groups in total. The number of ether oxygens (including phenoxy) is 2. The van der Waals surface area contributed by atoms with Crippen LogP contribution in [0.2, 0.25) is 0 Å². The summed E-state index contributed by atoms with van der Waals surface area (Å²) >= 11 is 0. The van der Waals surface area contributed by atoms with Crippen LogP contribution in [0.25, 0.3) is 0 Å². The van der Waals surface area contributed by atoms with Gasteiger partial charge in [0.05, 0.1) is 18.8 Å². The summed E-state index contributed by atoms with van der Waals surface area (Å²) in [5.74, 6) is 0. The highest BCUT2D eigenvalue weighted by Gasteiger charge is 2.17. The van der Waals surface area contributed by atoms with Gasteiger partial charge in [0, 0.05) is 14.2 Å². The predicted octanol–water partition coefficient (Wildman–Crippen LogP) is 1.04. The van der Waals surface area contributed by atoms with E-state index >= 15 is 0 Å². The molecule has 0 aliphatic heterocycles. The van der Waals surface area contributed by atoms with Crippen molar-refractivity contribution in [2.45, 2.75) is 32.4 Å². The Labute approximate surface area is 75.4 Å². The lowest BCUT2D eigenvalue weighted by molar-refractivity contribution is 0.0328. The second-order valence-corrected chi connectivity index (χ2v) is 2.80. The minimum atomic E-state index is 0.255. The average molecular weight is 175 g/mol. The molecular formula is C9H21NO2. The highest BCUT2D eigenvalue weighted by atomic mass is 16.5. The van der Waals surface area contributed by atoms with E-state index in [2.05, 4.69) is 19.2 Å². The molecular weight excluding hydrogens is 154 g/mol. The van der Waals surface area contributed by atoms with Gasteiger partial charge in [-0.25, -0.2) is 0 Å². The largest absolute Gasteiger partial charge is 0.383 e. The van der Waals surface area contributed by atoms with Crippen molar-refractivity contribution in [3.8, 4) is 0 Å². The molecule has 0 saturated carbocycles. The van der Waals surface area contributed by atoms with Crippen molar-refractivity contribution in [1.29, 1.82) is 0 Å². The molecule has 0 spiro atoms. The topological polar surface area (TPSA) is 30.5 Å². The molecule has 0 saturated heterocycles. The highest BCUT2D eigenvalue weighted by Crippen LogP contribution is 2.03. The first-order valence-electron chi connectivity index (χ1n) is 4.55. The van der Waals surface area contributed by atoms with Gasteiger partial charge in [-0.15, -0.1) is 0 Å². The van der Waals surface area contributed by atoms with E-state index in [1.807, 2.05) is 0 Å². The van der Waals surface area contributed by atoms with E-state index in [-0.39, 0.29) is 6.10 Å². The van der Waals surface area contributed by atoms with Crippen LogP contribution in [-0.2, 0) is 9.47 Å². The maximum atomic E-state index is 5.32. The van der Waals surface area contributed by atoms with E-state index in [0.717, 1.165) is 13.0 Å². The predicted molar refractivity (Wildman–Crippen MR) is 50.4 cm³/mol. The van der Waals surface area contributed by atoms with Gasteiger partial charge < -0.3 is 14.8 Å². The number of hydrogen-bond acceptors (Lipinski definition) is 3. The molecule has 0 rings (SSSR count). The number of nitrogens with one attached hydrogen (secondary N) is 1. The van der Waals surface area contributed by atoms with Crippen molar-refractivity contribution >= 4 is 0 Å². The standard InChI is InChI=1S/C9H21NO2/c1-5-9(12-4)8(7-11-3)10-6-2/h8-10H,5-7H2,1-4H3. The van der Waals surface area contributed by atoms with Crippen LogP contribution in [0.4, 0.5) is 0 Å². The Morgan fingerprint density at radius 3 is 2.25 bits per heavy atom. The van der Waals surface area contributed by atoms with Gasteiger partial charge in [0.25, 0.3) is 0 Å². The molecule has 0 bridgehead atoms. The minimum absolute atomic E-state index is 0.255. The van der Waals surface area contributed by atoms with Gasteiger partial charge in [-0.3, -0.25) is 0 Å². The molecule has 0 amide bonds. The highest BCUT2D eigenvalue weighted by molar-refractivity contribution is 4.74. The smallest absolute Gasteiger partial charge is 0.0744 e. The third-order valence-electron chi connectivity index (χ3n) is 1.97. The second-order valence-electron chi connectivity index (χ2n) is 2.80. The summed E-state index contributed by atoms with van der Waals surface area (Å²) in [5, 5.41) is 3.34. The van der Waals surface area contributed by atoms with Crippen LogP contribution < -0.4 is 5.32 Å². The fourth-order valence-electron chi connectivity index (χ4n) is 1.35. The van der Waals surface area contributed by atoms with Crippen LogP contribution in [0.1, 0.15) is 20.3 Å². The summed E-state index contributed by atoms with van der Waals surface area (Å²) in [5.41, 5.74) is 0. The third kappa shape index (κ3) is 4.04. The Hall–Kier alpha value is -0.120. The van der Waals surface area contributed by atoms with Crippen LogP contribution in [0.15, 0.2) is 0 Å². The molecule has 0 radical (unpaired) electrons. The lowest BCUT2D eigenvalue weighted by atomic mass is 10.1. The molecule has 0 aromatic rings. The average Bonchev–Trinajstić information content (AvgIpc) is 2.07. The van der Waals surface area contributed by atoms with Crippen molar-refractivity contribution in [3.05, 3.63) is 0 Å². The zero-order valence-electron chi connectivity index (χ0n) is 8.59. The quantitative estimate of drug-likeness (QED) is 0.627. The van der Waals surface area contributed by atoms with Gasteiger partial charge in [-0.2, -0.15) is 0 Å². The van der Waals surface area contributed by atoms with E-state index in [9.17, 15) is 0 Å². The summed E-state index contributed by atoms with van der Waals surface area (Å²) in [6, 6.07) is 0.315. The molecule has 0 aliphatic carbocycles. The van der Waals surface area contributed by atoms with Crippen molar-refractivity contribution < 1.29 is 9.47 Å². The summed E-state index contributed by atoms with van der Waals surface area (Å²) in [6.45, 7) is 5.87. The van der Waals surface area contributed by atoms with Gasteiger partial charge in [-0.1, -0.05) is 13.8 Å². The molecule has 2 atom stereocenters. The summed E-state index contributed by atoms with van der Waals surface area (Å²) in [4.78, 5) is 0. The van der Waals surface area contributed by atoms with Gasteiger partial charge in [0.1, 0.15) is 0 Å². The SMILES string of the molecule is CCNC(COC)C(CC)OC. The molecule has 3 heteroatoms. The molecule has 0 fully saturated rings. The van der Waals surface area contributed by atoms with E-state index in [1.165, 1.54) is 0 Å². The number of rotatable bonds is 7. The van der Waals surface area contributed by atoms with Gasteiger partial charge >= 0.3 is 0 Å². The fourth-order valence-corrected chi connectivity index (χ4v) is 1.35. The Morgan fingerprint density at radius 1 is 1.25 bits per heavy atom. The van der Waals surface area contributed by atoms with Crippen LogP contribution in [0.3, 0.4) is 0 Å². The van der Waals surface area contributed by atoms with Crippen LogP contribution in [0, 0.1) is 0 Å². The van der Waals surface area contributed by atoms with Crippen LogP contribution >= 0.6 is 0 Å². The van der Waals surface area contributed by atoms with Crippen molar-refractivity contribution in [2.24, 2.45) is 0 Å². The second kappa shape index (κ2) is 7.53. The lowest BCUT2D eigenvalue weighted by Crippen LogP contribution is -2.43. The van der Waals surface area contributed by atoms with Gasteiger partial charge in [-0.05, 0) is 13.0 Å². The Kier molecular flexibility index (Phi) is 7.45. The summed E-state index contributed by atoms with van der Waals surface area (Å²) in [6.07, 6.45) is 1.27. The van der Waals surface area contributed by atoms with E-state index in [4.69, 9.17) is 9.47 Å². The Bertz CT molecular complexity index is 88.5. The normalized spacial score (nSPS) is 16.0. The Morgan fingerprint density at radius 2 is 1.92 bits per heavy atom. The van der Waals surface area contributed by atoms with E-state index in [1.54, 1.807) is 14.2 Å². The van der Waals surface area contributed by atoms with Crippen LogP contribution in [-0.4, -0.2) is 39.5 Å². The maximum Gasteiger partial charge on any atom is 0.0744 e. The molecule has 0 aromatic heterocycles. The molecule has 74 valence electrons. The summed E-state index contributed by atoms with van der Waals surface area (Å²) in [7, 11) is 3.46. The molecule has 0 heterocycles. The van der Waals surface area contributed by atoms with Crippen molar-refractivity contribution in [2.75, 3.05) is 27.4 Å². The fraction of sp³-hybridized carbons (Fsp3) is 1.00. The molecule has 12 heavy (non-hydrogen) atoms.